The molecule has 0 saturated carbocycles. The number of aromatic nitrogens is 9. The summed E-state index contributed by atoms with van der Waals surface area (Å²) < 4.78 is 0. The van der Waals surface area contributed by atoms with Crippen LogP contribution in [0.25, 0.3) is 102 Å². The maximum Gasteiger partial charge on any atom is 0.165 e. The van der Waals surface area contributed by atoms with E-state index in [0.29, 0.717) is 46.3 Å². The van der Waals surface area contributed by atoms with Gasteiger partial charge in [0.25, 0.3) is 0 Å². The second-order valence-electron chi connectivity index (χ2n) is 13.9. The molecule has 0 N–H and O–H groups in total. The molecular formula is C51H33N9. The molecule has 0 radical (unpaired) electrons. The molecule has 5 aromatic heterocycles. The molecule has 0 fully saturated rings. The van der Waals surface area contributed by atoms with Crippen molar-refractivity contribution >= 4 is 0 Å². The van der Waals surface area contributed by atoms with Crippen molar-refractivity contribution in [3.05, 3.63) is 200 Å². The van der Waals surface area contributed by atoms with Gasteiger partial charge in [-0.25, -0.2) is 34.9 Å². The molecule has 0 aliphatic carbocycles. The molecular weight excluding hydrogens is 739 g/mol. The first kappa shape index (κ1) is 35.9. The molecule has 282 valence electrons. The normalized spacial score (nSPS) is 11.0. The molecule has 60 heavy (non-hydrogen) atoms. The lowest BCUT2D eigenvalue weighted by Crippen LogP contribution is -2.01. The van der Waals surface area contributed by atoms with Gasteiger partial charge in [-0.15, -0.1) is 0 Å². The van der Waals surface area contributed by atoms with E-state index < -0.39 is 0 Å². The van der Waals surface area contributed by atoms with Crippen LogP contribution in [0.5, 0.6) is 0 Å². The summed E-state index contributed by atoms with van der Waals surface area (Å²) in [7, 11) is 0. The molecule has 10 aromatic rings. The van der Waals surface area contributed by atoms with Crippen molar-refractivity contribution in [1.82, 2.24) is 44.9 Å². The third kappa shape index (κ3) is 7.66. The molecule has 0 atom stereocenters. The minimum atomic E-state index is 0.527. The van der Waals surface area contributed by atoms with Crippen LogP contribution in [-0.4, -0.2) is 44.9 Å². The molecule has 0 unspecified atom stereocenters. The van der Waals surface area contributed by atoms with E-state index >= 15 is 0 Å². The van der Waals surface area contributed by atoms with E-state index in [-0.39, 0.29) is 0 Å². The molecule has 9 heteroatoms. The fourth-order valence-corrected chi connectivity index (χ4v) is 6.86. The summed E-state index contributed by atoms with van der Waals surface area (Å²) in [6.07, 6.45) is 3.56. The highest BCUT2D eigenvalue weighted by molar-refractivity contribution is 5.78. The van der Waals surface area contributed by atoms with Gasteiger partial charge in [0.05, 0.1) is 22.8 Å². The Kier molecular flexibility index (Phi) is 9.71. The van der Waals surface area contributed by atoms with Crippen LogP contribution in [0.1, 0.15) is 0 Å². The van der Waals surface area contributed by atoms with Gasteiger partial charge in [0.1, 0.15) is 0 Å². The van der Waals surface area contributed by atoms with Crippen LogP contribution in [0.3, 0.4) is 0 Å². The molecule has 0 spiro atoms. The molecule has 5 heterocycles. The van der Waals surface area contributed by atoms with Crippen molar-refractivity contribution in [3.8, 4) is 102 Å². The maximum atomic E-state index is 5.08. The van der Waals surface area contributed by atoms with Gasteiger partial charge in [0.2, 0.25) is 0 Å². The van der Waals surface area contributed by atoms with Crippen LogP contribution in [-0.2, 0) is 0 Å². The van der Waals surface area contributed by atoms with Crippen molar-refractivity contribution in [2.24, 2.45) is 0 Å². The van der Waals surface area contributed by atoms with Crippen molar-refractivity contribution in [2.45, 2.75) is 0 Å². The number of hydrogen-bond donors (Lipinski definition) is 0. The lowest BCUT2D eigenvalue weighted by Gasteiger charge is -2.12. The molecule has 9 nitrogen and oxygen atoms in total. The largest absolute Gasteiger partial charge is 0.255 e. The first-order valence-corrected chi connectivity index (χ1v) is 19.5. The number of rotatable bonds is 9. The fraction of sp³-hybridized carbons (Fsp3) is 0. The molecule has 0 amide bonds. The van der Waals surface area contributed by atoms with Crippen LogP contribution in [0, 0.1) is 0 Å². The highest BCUT2D eigenvalue weighted by Gasteiger charge is 2.17. The monoisotopic (exact) mass is 771 g/mol. The van der Waals surface area contributed by atoms with Gasteiger partial charge < -0.3 is 0 Å². The number of benzene rings is 5. The van der Waals surface area contributed by atoms with Crippen LogP contribution in [0.4, 0.5) is 0 Å². The van der Waals surface area contributed by atoms with Crippen LogP contribution in [0.2, 0.25) is 0 Å². The Morgan fingerprint density at radius 3 is 1.05 bits per heavy atom. The summed E-state index contributed by atoms with van der Waals surface area (Å²) in [5.74, 6) is 3.49. The summed E-state index contributed by atoms with van der Waals surface area (Å²) in [5, 5.41) is 0. The predicted molar refractivity (Wildman–Crippen MR) is 236 cm³/mol. The zero-order valence-corrected chi connectivity index (χ0v) is 32.1. The Morgan fingerprint density at radius 1 is 0.217 bits per heavy atom. The fourth-order valence-electron chi connectivity index (χ4n) is 6.86. The van der Waals surface area contributed by atoms with Gasteiger partial charge in [0, 0.05) is 45.8 Å². The zero-order valence-electron chi connectivity index (χ0n) is 32.1. The topological polar surface area (TPSA) is 116 Å². The van der Waals surface area contributed by atoms with Crippen molar-refractivity contribution in [3.63, 3.8) is 0 Å². The van der Waals surface area contributed by atoms with E-state index in [1.54, 1.807) is 12.4 Å². The van der Waals surface area contributed by atoms with Gasteiger partial charge in [-0.2, -0.15) is 0 Å². The molecule has 0 aliphatic heterocycles. The molecule has 0 bridgehead atoms. The molecule has 10 rings (SSSR count). The Labute approximate surface area is 346 Å². The quantitative estimate of drug-likeness (QED) is 0.141. The second kappa shape index (κ2) is 16.2. The van der Waals surface area contributed by atoms with Crippen molar-refractivity contribution in [2.75, 3.05) is 0 Å². The Bertz CT molecular complexity index is 2940. The van der Waals surface area contributed by atoms with Crippen LogP contribution < -0.4 is 0 Å². The summed E-state index contributed by atoms with van der Waals surface area (Å²) in [4.78, 5) is 44.1. The highest BCUT2D eigenvalue weighted by atomic mass is 15.0. The second-order valence-corrected chi connectivity index (χ2v) is 13.9. The number of pyridine rings is 3. The lowest BCUT2D eigenvalue weighted by atomic mass is 10.00. The summed E-state index contributed by atoms with van der Waals surface area (Å²) >= 11 is 0. The number of hydrogen-bond acceptors (Lipinski definition) is 9. The summed E-state index contributed by atoms with van der Waals surface area (Å²) in [6.45, 7) is 0. The predicted octanol–water partition coefficient (Wildman–Crippen LogP) is 11.2. The zero-order chi connectivity index (χ0) is 40.1. The van der Waals surface area contributed by atoms with Gasteiger partial charge >= 0.3 is 0 Å². The molecule has 0 aliphatic rings. The average molecular weight is 772 g/mol. The molecule has 5 aromatic carbocycles. The van der Waals surface area contributed by atoms with E-state index in [0.717, 1.165) is 55.9 Å². The number of nitrogens with zero attached hydrogens (tertiary/aromatic N) is 9. The Balaban J connectivity index is 1.05. The Hall–Kier alpha value is -8.43. The minimum absolute atomic E-state index is 0.527. The van der Waals surface area contributed by atoms with E-state index in [1.165, 1.54) is 0 Å². The standard InChI is InChI=1S/C51H33N9/c1-5-16-34(17-6-1)46-55-47(35-18-7-2-8-19-35)58-50(57-46)39-25-15-24-38(30-39)41-31-44(42-26-13-14-29-52-42)54-45(32-41)43-28-27-40(33-53-43)51-59-48(36-20-9-3-10-21-36)56-49(60-51)37-22-11-4-12-23-37/h1-33H. The SMILES string of the molecule is c1ccc(-c2nc(-c3ccccc3)nc(-c3ccc(-c4cc(-c5cccc(-c6nc(-c7ccccc7)nc(-c7ccccc7)n6)c5)cc(-c5ccccn5)n4)nc3)n2)cc1. The first-order valence-electron chi connectivity index (χ1n) is 19.5. The summed E-state index contributed by atoms with van der Waals surface area (Å²) in [6, 6.07) is 61.9. The van der Waals surface area contributed by atoms with Gasteiger partial charge in [-0.3, -0.25) is 9.97 Å². The van der Waals surface area contributed by atoms with E-state index in [9.17, 15) is 0 Å². The third-order valence-corrected chi connectivity index (χ3v) is 9.89. The van der Waals surface area contributed by atoms with Crippen molar-refractivity contribution in [1.29, 1.82) is 0 Å². The third-order valence-electron chi connectivity index (χ3n) is 9.89. The van der Waals surface area contributed by atoms with Crippen LogP contribution in [0.15, 0.2) is 200 Å². The van der Waals surface area contributed by atoms with Gasteiger partial charge in [-0.05, 0) is 53.6 Å². The minimum Gasteiger partial charge on any atom is -0.255 e. The Morgan fingerprint density at radius 2 is 0.617 bits per heavy atom. The van der Waals surface area contributed by atoms with E-state index in [1.807, 2.05) is 164 Å². The van der Waals surface area contributed by atoms with Gasteiger partial charge in [-0.1, -0.05) is 146 Å². The summed E-state index contributed by atoms with van der Waals surface area (Å²) in [5.41, 5.74) is 9.97. The first-order chi connectivity index (χ1) is 29.7. The van der Waals surface area contributed by atoms with Crippen molar-refractivity contribution < 1.29 is 0 Å². The smallest absolute Gasteiger partial charge is 0.165 e. The average Bonchev–Trinajstić information content (AvgIpc) is 3.35. The van der Waals surface area contributed by atoms with Gasteiger partial charge in [0.15, 0.2) is 34.9 Å². The lowest BCUT2D eigenvalue weighted by molar-refractivity contribution is 1.07. The molecule has 0 saturated heterocycles. The van der Waals surface area contributed by atoms with E-state index in [2.05, 4.69) is 29.2 Å². The van der Waals surface area contributed by atoms with Crippen LogP contribution >= 0.6 is 0 Å². The highest BCUT2D eigenvalue weighted by Crippen LogP contribution is 2.33. The maximum absolute atomic E-state index is 5.08. The van der Waals surface area contributed by atoms with E-state index in [4.69, 9.17) is 39.9 Å².